The van der Waals surface area contributed by atoms with Crippen LogP contribution in [0.4, 0.5) is 0 Å². The molecule has 1 aromatic carbocycles. The quantitative estimate of drug-likeness (QED) is 0.922. The van der Waals surface area contributed by atoms with Gasteiger partial charge in [-0.25, -0.2) is 4.98 Å². The maximum atomic E-state index is 6.36. The van der Waals surface area contributed by atoms with E-state index in [1.54, 1.807) is 0 Å². The summed E-state index contributed by atoms with van der Waals surface area (Å²) in [7, 11) is 0. The number of aromatic nitrogens is 2. The highest BCUT2D eigenvalue weighted by Crippen LogP contribution is 2.40. The summed E-state index contributed by atoms with van der Waals surface area (Å²) in [4.78, 5) is 4.75. The Hall–Kier alpha value is -1.06. The molecule has 0 amide bonds. The zero-order valence-corrected chi connectivity index (χ0v) is 12.5. The zero-order chi connectivity index (χ0) is 13.6. The van der Waals surface area contributed by atoms with E-state index in [1.165, 1.54) is 12.8 Å². The van der Waals surface area contributed by atoms with Crippen molar-refractivity contribution in [3.8, 4) is 0 Å². The van der Waals surface area contributed by atoms with Crippen LogP contribution < -0.4 is 5.32 Å². The Morgan fingerprint density at radius 2 is 2.11 bits per heavy atom. The van der Waals surface area contributed by atoms with Gasteiger partial charge >= 0.3 is 0 Å². The SMILES string of the molecule is CC(C)(C)NCc1nc2cccc(Cl)c2n1C1CC1. The highest BCUT2D eigenvalue weighted by atomic mass is 35.5. The predicted molar refractivity (Wildman–Crippen MR) is 79.6 cm³/mol. The van der Waals surface area contributed by atoms with Gasteiger partial charge in [-0.05, 0) is 45.7 Å². The lowest BCUT2D eigenvalue weighted by Crippen LogP contribution is -2.35. The van der Waals surface area contributed by atoms with Crippen LogP contribution in [0.2, 0.25) is 5.02 Å². The van der Waals surface area contributed by atoms with Crippen molar-refractivity contribution in [2.75, 3.05) is 0 Å². The van der Waals surface area contributed by atoms with E-state index < -0.39 is 0 Å². The number of para-hydroxylation sites is 1. The van der Waals surface area contributed by atoms with E-state index in [4.69, 9.17) is 16.6 Å². The molecule has 0 bridgehead atoms. The van der Waals surface area contributed by atoms with Crippen LogP contribution in [0.5, 0.6) is 0 Å². The summed E-state index contributed by atoms with van der Waals surface area (Å²) < 4.78 is 2.33. The van der Waals surface area contributed by atoms with Crippen LogP contribution in [0.25, 0.3) is 11.0 Å². The van der Waals surface area contributed by atoms with Crippen molar-refractivity contribution >= 4 is 22.6 Å². The van der Waals surface area contributed by atoms with Crippen molar-refractivity contribution in [2.24, 2.45) is 0 Å². The second-order valence-corrected chi connectivity index (χ2v) is 6.75. The Morgan fingerprint density at radius 1 is 1.37 bits per heavy atom. The number of halogens is 1. The Bertz CT molecular complexity index is 606. The van der Waals surface area contributed by atoms with E-state index in [2.05, 4.69) is 30.7 Å². The molecule has 0 saturated heterocycles. The largest absolute Gasteiger partial charge is 0.323 e. The van der Waals surface area contributed by atoms with Gasteiger partial charge < -0.3 is 9.88 Å². The van der Waals surface area contributed by atoms with Crippen LogP contribution in [0, 0.1) is 0 Å². The molecule has 1 aliphatic rings. The third-order valence-electron chi connectivity index (χ3n) is 3.42. The second kappa shape index (κ2) is 4.50. The van der Waals surface area contributed by atoms with Gasteiger partial charge in [-0.15, -0.1) is 0 Å². The molecular formula is C15H20ClN3. The highest BCUT2D eigenvalue weighted by Gasteiger charge is 2.29. The van der Waals surface area contributed by atoms with Crippen LogP contribution >= 0.6 is 11.6 Å². The number of fused-ring (bicyclic) bond motifs is 1. The molecule has 0 atom stereocenters. The van der Waals surface area contributed by atoms with Gasteiger partial charge in [0.05, 0.1) is 22.6 Å². The molecule has 3 nitrogen and oxygen atoms in total. The molecule has 0 unspecified atom stereocenters. The molecule has 1 heterocycles. The minimum atomic E-state index is 0.0936. The molecule has 1 N–H and O–H groups in total. The van der Waals surface area contributed by atoms with Gasteiger partial charge in [0.1, 0.15) is 5.82 Å². The first-order valence-corrected chi connectivity index (χ1v) is 7.24. The maximum absolute atomic E-state index is 6.36. The summed E-state index contributed by atoms with van der Waals surface area (Å²) in [6, 6.07) is 6.55. The fourth-order valence-corrected chi connectivity index (χ4v) is 2.61. The van der Waals surface area contributed by atoms with Gasteiger partial charge in [0.15, 0.2) is 0 Å². The molecule has 0 spiro atoms. The molecule has 4 heteroatoms. The second-order valence-electron chi connectivity index (χ2n) is 6.34. The number of hydrogen-bond donors (Lipinski definition) is 1. The summed E-state index contributed by atoms with van der Waals surface area (Å²) in [5, 5.41) is 4.32. The van der Waals surface area contributed by atoms with Crippen molar-refractivity contribution in [1.82, 2.24) is 14.9 Å². The van der Waals surface area contributed by atoms with E-state index >= 15 is 0 Å². The molecule has 1 fully saturated rings. The zero-order valence-electron chi connectivity index (χ0n) is 11.7. The Morgan fingerprint density at radius 3 is 2.74 bits per heavy atom. The molecule has 1 aliphatic carbocycles. The molecular weight excluding hydrogens is 258 g/mol. The number of hydrogen-bond acceptors (Lipinski definition) is 2. The monoisotopic (exact) mass is 277 g/mol. The lowest BCUT2D eigenvalue weighted by Gasteiger charge is -2.20. The average molecular weight is 278 g/mol. The van der Waals surface area contributed by atoms with Crippen LogP contribution in [-0.4, -0.2) is 15.1 Å². The molecule has 0 aliphatic heterocycles. The summed E-state index contributed by atoms with van der Waals surface area (Å²) in [6.07, 6.45) is 2.47. The van der Waals surface area contributed by atoms with Gasteiger partial charge in [-0.2, -0.15) is 0 Å². The van der Waals surface area contributed by atoms with Gasteiger partial charge in [0, 0.05) is 11.6 Å². The van der Waals surface area contributed by atoms with Crippen molar-refractivity contribution in [3.05, 3.63) is 29.0 Å². The Balaban J connectivity index is 2.03. The third-order valence-corrected chi connectivity index (χ3v) is 3.73. The number of imidazole rings is 1. The predicted octanol–water partition coefficient (Wildman–Crippen LogP) is 3.91. The van der Waals surface area contributed by atoms with Crippen LogP contribution in [0.15, 0.2) is 18.2 Å². The minimum Gasteiger partial charge on any atom is -0.323 e. The summed E-state index contributed by atoms with van der Waals surface area (Å²) in [5.41, 5.74) is 2.19. The van der Waals surface area contributed by atoms with Crippen LogP contribution in [-0.2, 0) is 6.54 Å². The third kappa shape index (κ3) is 2.63. The van der Waals surface area contributed by atoms with Crippen LogP contribution in [0.1, 0.15) is 45.5 Å². The first-order chi connectivity index (χ1) is 8.96. The van der Waals surface area contributed by atoms with Crippen molar-refractivity contribution in [1.29, 1.82) is 0 Å². The fraction of sp³-hybridized carbons (Fsp3) is 0.533. The first kappa shape index (κ1) is 12.9. The molecule has 102 valence electrons. The number of nitrogens with one attached hydrogen (secondary N) is 1. The minimum absolute atomic E-state index is 0.0936. The normalized spacial score (nSPS) is 16.2. The smallest absolute Gasteiger partial charge is 0.124 e. The van der Waals surface area contributed by atoms with E-state index in [9.17, 15) is 0 Å². The molecule has 1 saturated carbocycles. The van der Waals surface area contributed by atoms with E-state index in [0.29, 0.717) is 6.04 Å². The van der Waals surface area contributed by atoms with Crippen molar-refractivity contribution < 1.29 is 0 Å². The topological polar surface area (TPSA) is 29.9 Å². The van der Waals surface area contributed by atoms with E-state index in [1.807, 2.05) is 18.2 Å². The summed E-state index contributed by atoms with van der Waals surface area (Å²) in [6.45, 7) is 7.29. The maximum Gasteiger partial charge on any atom is 0.124 e. The first-order valence-electron chi connectivity index (χ1n) is 6.86. The van der Waals surface area contributed by atoms with Gasteiger partial charge in [-0.1, -0.05) is 17.7 Å². The van der Waals surface area contributed by atoms with Crippen molar-refractivity contribution in [2.45, 2.75) is 51.7 Å². The average Bonchev–Trinajstić information content (AvgIpc) is 3.07. The standard InChI is InChI=1S/C15H20ClN3/c1-15(2,3)17-9-13-18-12-6-4-5-11(16)14(12)19(13)10-7-8-10/h4-6,10,17H,7-9H2,1-3H3. The summed E-state index contributed by atoms with van der Waals surface area (Å²) in [5.74, 6) is 1.10. The van der Waals surface area contributed by atoms with E-state index in [0.717, 1.165) is 28.4 Å². The highest BCUT2D eigenvalue weighted by molar-refractivity contribution is 6.35. The number of rotatable bonds is 3. The molecule has 2 aromatic rings. The van der Waals surface area contributed by atoms with Crippen molar-refractivity contribution in [3.63, 3.8) is 0 Å². The fourth-order valence-electron chi connectivity index (χ4n) is 2.35. The van der Waals surface area contributed by atoms with Gasteiger partial charge in [-0.3, -0.25) is 0 Å². The molecule has 0 radical (unpaired) electrons. The number of nitrogens with zero attached hydrogens (tertiary/aromatic N) is 2. The lowest BCUT2D eigenvalue weighted by molar-refractivity contribution is 0.412. The van der Waals surface area contributed by atoms with Gasteiger partial charge in [0.25, 0.3) is 0 Å². The Labute approximate surface area is 119 Å². The number of benzene rings is 1. The summed E-state index contributed by atoms with van der Waals surface area (Å²) >= 11 is 6.36. The van der Waals surface area contributed by atoms with Crippen LogP contribution in [0.3, 0.4) is 0 Å². The Kier molecular flexibility index (Phi) is 3.06. The molecule has 1 aromatic heterocycles. The molecule has 19 heavy (non-hydrogen) atoms. The van der Waals surface area contributed by atoms with E-state index in [-0.39, 0.29) is 5.54 Å². The lowest BCUT2D eigenvalue weighted by atomic mass is 10.1. The van der Waals surface area contributed by atoms with Gasteiger partial charge in [0.2, 0.25) is 0 Å². The molecule has 3 rings (SSSR count).